The molecule has 0 aliphatic rings. The molecule has 0 saturated heterocycles. The van der Waals surface area contributed by atoms with Crippen LogP contribution >= 0.6 is 7.82 Å². The van der Waals surface area contributed by atoms with Crippen LogP contribution in [0.15, 0.2) is 85.1 Å². The maximum Gasteiger partial charge on any atom is 0.306 e. The number of phosphoric acid groups is 1. The molecule has 9 nitrogen and oxygen atoms in total. The quantitative estimate of drug-likeness (QED) is 0.0195. The van der Waals surface area contributed by atoms with Gasteiger partial charge in [0.05, 0.1) is 27.7 Å². The number of nitrogens with zero attached hydrogens (tertiary/aromatic N) is 1. The molecule has 0 aliphatic carbocycles. The van der Waals surface area contributed by atoms with Gasteiger partial charge in [-0.1, -0.05) is 272 Å². The van der Waals surface area contributed by atoms with Crippen LogP contribution in [0.5, 0.6) is 0 Å². The van der Waals surface area contributed by atoms with Crippen molar-refractivity contribution in [2.45, 2.75) is 296 Å². The molecule has 0 aromatic heterocycles. The Kier molecular flexibility index (Phi) is 57.7. The number of allylic oxidation sites excluding steroid dienone is 14. The third kappa shape index (κ3) is 64.2. The lowest BCUT2D eigenvalue weighted by molar-refractivity contribution is -0.870. The Bertz CT molecular complexity index is 1610. The largest absolute Gasteiger partial charge is 0.756 e. The van der Waals surface area contributed by atoms with E-state index in [0.717, 1.165) is 89.9 Å². The minimum Gasteiger partial charge on any atom is -0.756 e. The van der Waals surface area contributed by atoms with Gasteiger partial charge in [0.1, 0.15) is 19.8 Å². The number of unbranched alkanes of at least 4 members (excludes halogenated alkanes) is 32. The first kappa shape index (κ1) is 76.2. The van der Waals surface area contributed by atoms with Gasteiger partial charge in [-0.25, -0.2) is 0 Å². The second-order valence-corrected chi connectivity index (χ2v) is 24.5. The van der Waals surface area contributed by atoms with Crippen molar-refractivity contribution in [3.8, 4) is 0 Å². The fourth-order valence-electron chi connectivity index (χ4n) is 9.13. The third-order valence-electron chi connectivity index (χ3n) is 14.1. The van der Waals surface area contributed by atoms with E-state index < -0.39 is 26.5 Å². The molecule has 10 heteroatoms. The van der Waals surface area contributed by atoms with E-state index in [9.17, 15) is 19.0 Å². The molecule has 0 aromatic carbocycles. The van der Waals surface area contributed by atoms with Crippen molar-refractivity contribution < 1.29 is 42.1 Å². The molecule has 0 bridgehead atoms. The summed E-state index contributed by atoms with van der Waals surface area (Å²) in [4.78, 5) is 37.9. The zero-order valence-corrected chi connectivity index (χ0v) is 52.9. The van der Waals surface area contributed by atoms with Crippen LogP contribution in [0, 0.1) is 0 Å². The zero-order chi connectivity index (χ0) is 57.7. The Hall–Kier alpha value is -2.81. The van der Waals surface area contributed by atoms with Crippen molar-refractivity contribution in [1.29, 1.82) is 0 Å². The van der Waals surface area contributed by atoms with Crippen molar-refractivity contribution in [1.82, 2.24) is 0 Å². The molecule has 0 rings (SSSR count). The van der Waals surface area contributed by atoms with Crippen molar-refractivity contribution in [3.63, 3.8) is 0 Å². The monoisotopic (exact) mass is 1130 g/mol. The molecule has 0 amide bonds. The smallest absolute Gasteiger partial charge is 0.306 e. The molecule has 0 fully saturated rings. The predicted molar refractivity (Wildman–Crippen MR) is 337 cm³/mol. The Balaban J connectivity index is 4.01. The van der Waals surface area contributed by atoms with Crippen molar-refractivity contribution in [3.05, 3.63) is 85.1 Å². The first-order valence-electron chi connectivity index (χ1n) is 32.8. The second kappa shape index (κ2) is 59.8. The van der Waals surface area contributed by atoms with Gasteiger partial charge in [0, 0.05) is 12.8 Å². The molecule has 458 valence electrons. The predicted octanol–water partition coefficient (Wildman–Crippen LogP) is 20.4. The summed E-state index contributed by atoms with van der Waals surface area (Å²) < 4.78 is 34.2. The van der Waals surface area contributed by atoms with Crippen molar-refractivity contribution >= 4 is 19.8 Å². The SMILES string of the molecule is CC/C=C\C/C=C\C/C=C\C/C=C\C/C=C\C/C=C\CCCCCCCCCCCCCCCCCCCCC(=O)OC(COC(=O)CCCCCCCCC/C=C\CCCCCCCCC)COP(=O)([O-])OCC[N+](C)(C)C. The number of phosphoric ester groups is 1. The average Bonchev–Trinajstić information content (AvgIpc) is 3.41. The standard InChI is InChI=1S/C69H124NO8P/c1-6-8-10-12-14-16-18-20-22-24-26-27-28-29-30-31-32-33-34-35-36-37-38-39-40-41-42-43-44-46-48-50-52-54-56-58-60-62-69(72)78-67(66-77-79(73,74)76-64-63-70(3,4)5)65-75-68(71)61-59-57-55-53-51-49-47-45-25-23-21-19-17-15-13-11-9-7-2/h8,10,14,16,20,22-23,25-27,29-30,32-33,67H,6-7,9,11-13,15,17-19,21,24,28,31,34-66H2,1-5H3/b10-8-,16-14-,22-20-,25-23-,27-26-,30-29-,33-32-. The lowest BCUT2D eigenvalue weighted by Crippen LogP contribution is -2.37. The Morgan fingerprint density at radius 3 is 1.09 bits per heavy atom. The lowest BCUT2D eigenvalue weighted by Gasteiger charge is -2.28. The summed E-state index contributed by atoms with van der Waals surface area (Å²) >= 11 is 0. The molecular formula is C69H124NO8P. The average molecular weight is 1130 g/mol. The van der Waals surface area contributed by atoms with Gasteiger partial charge < -0.3 is 27.9 Å². The topological polar surface area (TPSA) is 111 Å². The minimum absolute atomic E-state index is 0.0322. The second-order valence-electron chi connectivity index (χ2n) is 23.1. The highest BCUT2D eigenvalue weighted by Gasteiger charge is 2.22. The highest BCUT2D eigenvalue weighted by atomic mass is 31.2. The summed E-state index contributed by atoms with van der Waals surface area (Å²) in [6.45, 7) is 4.15. The van der Waals surface area contributed by atoms with E-state index in [1.807, 2.05) is 21.1 Å². The fraction of sp³-hybridized carbons (Fsp3) is 0.768. The van der Waals surface area contributed by atoms with E-state index in [4.69, 9.17) is 18.5 Å². The maximum absolute atomic E-state index is 12.8. The summed E-state index contributed by atoms with van der Waals surface area (Å²) in [6.07, 6.45) is 80.8. The van der Waals surface area contributed by atoms with Crippen LogP contribution in [0.1, 0.15) is 290 Å². The molecule has 79 heavy (non-hydrogen) atoms. The molecule has 0 heterocycles. The van der Waals surface area contributed by atoms with Gasteiger partial charge in [-0.15, -0.1) is 0 Å². The summed E-state index contributed by atoms with van der Waals surface area (Å²) in [7, 11) is 1.17. The van der Waals surface area contributed by atoms with Crippen molar-refractivity contribution in [2.24, 2.45) is 0 Å². The van der Waals surface area contributed by atoms with Gasteiger partial charge in [-0.2, -0.15) is 0 Å². The number of hydrogen-bond donors (Lipinski definition) is 0. The van der Waals surface area contributed by atoms with Gasteiger partial charge >= 0.3 is 11.9 Å². The molecular weight excluding hydrogens is 1000 g/mol. The summed E-state index contributed by atoms with van der Waals surface area (Å²) in [5, 5.41) is 0. The molecule has 0 aliphatic heterocycles. The fourth-order valence-corrected chi connectivity index (χ4v) is 9.86. The number of ether oxygens (including phenoxy) is 2. The van der Waals surface area contributed by atoms with Gasteiger partial charge in [-0.05, 0) is 89.9 Å². The number of hydrogen-bond acceptors (Lipinski definition) is 8. The van der Waals surface area contributed by atoms with E-state index in [1.54, 1.807) is 0 Å². The molecule has 0 spiro atoms. The van der Waals surface area contributed by atoms with Gasteiger partial charge in [0.25, 0.3) is 7.82 Å². The Morgan fingerprint density at radius 1 is 0.405 bits per heavy atom. The number of esters is 2. The van der Waals surface area contributed by atoms with Crippen LogP contribution in [0.2, 0.25) is 0 Å². The normalized spacial score (nSPS) is 13.7. The van der Waals surface area contributed by atoms with Crippen LogP contribution in [0.3, 0.4) is 0 Å². The van der Waals surface area contributed by atoms with Gasteiger partial charge in [0.2, 0.25) is 0 Å². The van der Waals surface area contributed by atoms with E-state index in [-0.39, 0.29) is 32.0 Å². The maximum atomic E-state index is 12.8. The van der Waals surface area contributed by atoms with Crippen LogP contribution in [0.25, 0.3) is 0 Å². The number of quaternary nitrogens is 1. The highest BCUT2D eigenvalue weighted by molar-refractivity contribution is 7.45. The Morgan fingerprint density at radius 2 is 0.722 bits per heavy atom. The molecule has 0 aromatic rings. The van der Waals surface area contributed by atoms with Crippen LogP contribution in [-0.2, 0) is 32.7 Å². The number of likely N-dealkylation sites (N-methyl/N-ethyl adjacent to an activating group) is 1. The van der Waals surface area contributed by atoms with Crippen LogP contribution in [-0.4, -0.2) is 70.0 Å². The van der Waals surface area contributed by atoms with E-state index in [2.05, 4.69) is 98.9 Å². The van der Waals surface area contributed by atoms with E-state index in [1.165, 1.54) is 167 Å². The first-order valence-corrected chi connectivity index (χ1v) is 34.3. The van der Waals surface area contributed by atoms with Crippen LogP contribution < -0.4 is 4.89 Å². The molecule has 2 unspecified atom stereocenters. The minimum atomic E-state index is -4.64. The van der Waals surface area contributed by atoms with Crippen LogP contribution in [0.4, 0.5) is 0 Å². The summed E-state index contributed by atoms with van der Waals surface area (Å²) in [5.41, 5.74) is 0. The van der Waals surface area contributed by atoms with Gasteiger partial charge in [-0.3, -0.25) is 14.2 Å². The lowest BCUT2D eigenvalue weighted by atomic mass is 10.0. The number of carbonyl (C=O) groups is 2. The summed E-state index contributed by atoms with van der Waals surface area (Å²) in [6, 6.07) is 0. The van der Waals surface area contributed by atoms with Crippen molar-refractivity contribution in [2.75, 3.05) is 47.5 Å². The van der Waals surface area contributed by atoms with E-state index >= 15 is 0 Å². The molecule has 0 N–H and O–H groups in total. The number of carbonyl (C=O) groups excluding carboxylic acids is 2. The van der Waals surface area contributed by atoms with Gasteiger partial charge in [0.15, 0.2) is 6.10 Å². The molecule has 0 saturated carbocycles. The first-order chi connectivity index (χ1) is 38.5. The summed E-state index contributed by atoms with van der Waals surface area (Å²) in [5.74, 6) is -0.829. The Labute approximate surface area is 488 Å². The third-order valence-corrected chi connectivity index (χ3v) is 15.1. The number of rotatable bonds is 60. The zero-order valence-electron chi connectivity index (χ0n) is 52.1. The molecule has 2 atom stereocenters. The molecule has 0 radical (unpaired) electrons. The highest BCUT2D eigenvalue weighted by Crippen LogP contribution is 2.38. The van der Waals surface area contributed by atoms with E-state index in [0.29, 0.717) is 17.4 Å².